The minimum atomic E-state index is -0.742. The zero-order valence-electron chi connectivity index (χ0n) is 12.8. The Morgan fingerprint density at radius 1 is 1.57 bits per heavy atom. The molecule has 21 heavy (non-hydrogen) atoms. The van der Waals surface area contributed by atoms with E-state index in [1.165, 1.54) is 11.8 Å². The SMILES string of the molecule is COCC(O)Cn1ncc(N2CCOC(C)(C)C2)cc1=O. The molecule has 1 fully saturated rings. The fourth-order valence-electron chi connectivity index (χ4n) is 2.42. The van der Waals surface area contributed by atoms with Crippen molar-refractivity contribution in [1.29, 1.82) is 0 Å². The van der Waals surface area contributed by atoms with Gasteiger partial charge in [0.2, 0.25) is 0 Å². The Hall–Kier alpha value is -1.44. The molecule has 7 nitrogen and oxygen atoms in total. The average molecular weight is 297 g/mol. The third kappa shape index (κ3) is 4.26. The van der Waals surface area contributed by atoms with Crippen LogP contribution in [0.25, 0.3) is 0 Å². The van der Waals surface area contributed by atoms with Crippen molar-refractivity contribution in [3.63, 3.8) is 0 Å². The van der Waals surface area contributed by atoms with Crippen LogP contribution in [0.1, 0.15) is 13.8 Å². The van der Waals surface area contributed by atoms with Crippen molar-refractivity contribution in [3.8, 4) is 0 Å². The molecule has 0 aliphatic carbocycles. The number of aromatic nitrogens is 2. The van der Waals surface area contributed by atoms with Crippen LogP contribution in [-0.4, -0.2) is 60.0 Å². The second-order valence-corrected chi connectivity index (χ2v) is 5.87. The normalized spacial score (nSPS) is 19.5. The molecule has 1 aromatic rings. The molecule has 1 atom stereocenters. The Morgan fingerprint density at radius 3 is 2.95 bits per heavy atom. The van der Waals surface area contributed by atoms with E-state index in [1.54, 1.807) is 12.3 Å². The maximum absolute atomic E-state index is 12.1. The minimum absolute atomic E-state index is 0.127. The standard InChI is InChI=1S/C14H23N3O4/c1-14(2)10-16(4-5-21-14)11-6-13(19)17(15-7-11)8-12(18)9-20-3/h6-7,12,18H,4-5,8-10H2,1-3H3. The van der Waals surface area contributed by atoms with Crippen molar-refractivity contribution >= 4 is 5.69 Å². The van der Waals surface area contributed by atoms with Crippen LogP contribution in [0.5, 0.6) is 0 Å². The van der Waals surface area contributed by atoms with Crippen molar-refractivity contribution in [2.24, 2.45) is 0 Å². The van der Waals surface area contributed by atoms with E-state index in [4.69, 9.17) is 9.47 Å². The largest absolute Gasteiger partial charge is 0.389 e. The maximum Gasteiger partial charge on any atom is 0.268 e. The number of rotatable bonds is 5. The van der Waals surface area contributed by atoms with Crippen molar-refractivity contribution in [3.05, 3.63) is 22.6 Å². The Labute approximate surface area is 124 Å². The number of ether oxygens (including phenoxy) is 2. The lowest BCUT2D eigenvalue weighted by Crippen LogP contribution is -2.48. The third-order valence-electron chi connectivity index (χ3n) is 3.39. The molecule has 7 heteroatoms. The van der Waals surface area contributed by atoms with Gasteiger partial charge in [-0.25, -0.2) is 4.68 Å². The van der Waals surface area contributed by atoms with E-state index < -0.39 is 6.10 Å². The van der Waals surface area contributed by atoms with Gasteiger partial charge in [0.25, 0.3) is 5.56 Å². The fraction of sp³-hybridized carbons (Fsp3) is 0.714. The zero-order valence-corrected chi connectivity index (χ0v) is 12.8. The number of aliphatic hydroxyl groups is 1. The first-order valence-electron chi connectivity index (χ1n) is 7.04. The minimum Gasteiger partial charge on any atom is -0.389 e. The number of anilines is 1. The molecule has 0 bridgehead atoms. The summed E-state index contributed by atoms with van der Waals surface area (Å²) in [5, 5.41) is 13.8. The first-order chi connectivity index (χ1) is 9.91. The number of aliphatic hydroxyl groups excluding tert-OH is 1. The Kier molecular flexibility index (Phi) is 4.97. The Balaban J connectivity index is 2.10. The molecule has 1 aromatic heterocycles. The quantitative estimate of drug-likeness (QED) is 0.815. The molecule has 0 spiro atoms. The van der Waals surface area contributed by atoms with E-state index in [9.17, 15) is 9.90 Å². The van der Waals surface area contributed by atoms with E-state index in [0.29, 0.717) is 13.2 Å². The highest BCUT2D eigenvalue weighted by molar-refractivity contribution is 5.43. The molecule has 0 saturated carbocycles. The molecule has 0 aromatic carbocycles. The summed E-state index contributed by atoms with van der Waals surface area (Å²) in [4.78, 5) is 14.2. The van der Waals surface area contributed by atoms with Crippen LogP contribution < -0.4 is 10.5 Å². The van der Waals surface area contributed by atoms with Gasteiger partial charge in [0.05, 0.1) is 43.3 Å². The van der Waals surface area contributed by atoms with E-state index in [0.717, 1.165) is 12.2 Å². The molecular weight excluding hydrogens is 274 g/mol. The van der Waals surface area contributed by atoms with Gasteiger partial charge in [-0.2, -0.15) is 5.10 Å². The highest BCUT2D eigenvalue weighted by atomic mass is 16.5. The molecule has 2 heterocycles. The van der Waals surface area contributed by atoms with Crippen molar-refractivity contribution < 1.29 is 14.6 Å². The molecule has 1 unspecified atom stereocenters. The van der Waals surface area contributed by atoms with Gasteiger partial charge in [0.15, 0.2) is 0 Å². The topological polar surface area (TPSA) is 76.8 Å². The van der Waals surface area contributed by atoms with Gasteiger partial charge >= 0.3 is 0 Å². The number of methoxy groups -OCH3 is 1. The van der Waals surface area contributed by atoms with Crippen LogP contribution in [0.3, 0.4) is 0 Å². The maximum atomic E-state index is 12.1. The number of hydrogen-bond acceptors (Lipinski definition) is 6. The smallest absolute Gasteiger partial charge is 0.268 e. The summed E-state index contributed by atoms with van der Waals surface area (Å²) in [5.74, 6) is 0. The number of nitrogens with zero attached hydrogens (tertiary/aromatic N) is 3. The lowest BCUT2D eigenvalue weighted by Gasteiger charge is -2.39. The molecule has 1 aliphatic heterocycles. The van der Waals surface area contributed by atoms with Crippen molar-refractivity contribution in [1.82, 2.24) is 9.78 Å². The second kappa shape index (κ2) is 6.55. The first kappa shape index (κ1) is 15.9. The summed E-state index contributed by atoms with van der Waals surface area (Å²) in [6, 6.07) is 1.55. The van der Waals surface area contributed by atoms with Crippen LogP contribution in [0, 0.1) is 0 Å². The van der Waals surface area contributed by atoms with Gasteiger partial charge in [0, 0.05) is 26.3 Å². The first-order valence-corrected chi connectivity index (χ1v) is 7.04. The third-order valence-corrected chi connectivity index (χ3v) is 3.39. The Bertz CT molecular complexity index is 529. The van der Waals surface area contributed by atoms with Gasteiger partial charge in [-0.05, 0) is 13.8 Å². The zero-order chi connectivity index (χ0) is 15.5. The van der Waals surface area contributed by atoms with Crippen LogP contribution in [0.2, 0.25) is 0 Å². The predicted molar refractivity (Wildman–Crippen MR) is 78.6 cm³/mol. The average Bonchev–Trinajstić information content (AvgIpc) is 2.40. The summed E-state index contributed by atoms with van der Waals surface area (Å²) < 4.78 is 11.7. The molecular formula is C14H23N3O4. The summed E-state index contributed by atoms with van der Waals surface area (Å²) in [6.45, 7) is 6.42. The van der Waals surface area contributed by atoms with Crippen LogP contribution in [-0.2, 0) is 16.0 Å². The molecule has 0 amide bonds. The van der Waals surface area contributed by atoms with Gasteiger partial charge in [-0.3, -0.25) is 4.79 Å². The van der Waals surface area contributed by atoms with Gasteiger partial charge in [0.1, 0.15) is 0 Å². The van der Waals surface area contributed by atoms with E-state index >= 15 is 0 Å². The van der Waals surface area contributed by atoms with E-state index in [2.05, 4.69) is 10.00 Å². The summed E-state index contributed by atoms with van der Waals surface area (Å²) in [7, 11) is 1.50. The Morgan fingerprint density at radius 2 is 2.33 bits per heavy atom. The molecule has 118 valence electrons. The second-order valence-electron chi connectivity index (χ2n) is 5.87. The summed E-state index contributed by atoms with van der Waals surface area (Å²) >= 11 is 0. The molecule has 0 radical (unpaired) electrons. The van der Waals surface area contributed by atoms with Crippen LogP contribution in [0.15, 0.2) is 17.1 Å². The van der Waals surface area contributed by atoms with Gasteiger partial charge in [-0.15, -0.1) is 0 Å². The van der Waals surface area contributed by atoms with Crippen LogP contribution >= 0.6 is 0 Å². The molecule has 1 N–H and O–H groups in total. The lowest BCUT2D eigenvalue weighted by atomic mass is 10.1. The number of hydrogen-bond donors (Lipinski definition) is 1. The summed E-state index contributed by atoms with van der Waals surface area (Å²) in [6.07, 6.45) is 0.913. The van der Waals surface area contributed by atoms with Crippen molar-refractivity contribution in [2.75, 3.05) is 38.3 Å². The lowest BCUT2D eigenvalue weighted by molar-refractivity contribution is -0.0277. The molecule has 2 rings (SSSR count). The highest BCUT2D eigenvalue weighted by Gasteiger charge is 2.27. The van der Waals surface area contributed by atoms with E-state index in [-0.39, 0.29) is 24.3 Å². The predicted octanol–water partition coefficient (Wildman–Crippen LogP) is -0.134. The molecule has 1 aliphatic rings. The van der Waals surface area contributed by atoms with Gasteiger partial charge < -0.3 is 19.5 Å². The monoisotopic (exact) mass is 297 g/mol. The number of morpholine rings is 1. The van der Waals surface area contributed by atoms with Gasteiger partial charge in [-0.1, -0.05) is 0 Å². The fourth-order valence-corrected chi connectivity index (χ4v) is 2.42. The summed E-state index contributed by atoms with van der Waals surface area (Å²) in [5.41, 5.74) is 0.322. The highest BCUT2D eigenvalue weighted by Crippen LogP contribution is 2.21. The van der Waals surface area contributed by atoms with Crippen molar-refractivity contribution in [2.45, 2.75) is 32.1 Å². The van der Waals surface area contributed by atoms with E-state index in [1.807, 2.05) is 13.8 Å². The molecule has 1 saturated heterocycles. The van der Waals surface area contributed by atoms with Crippen LogP contribution in [0.4, 0.5) is 5.69 Å².